The zero-order chi connectivity index (χ0) is 29.0. The second kappa shape index (κ2) is 12.3. The van der Waals surface area contributed by atoms with Crippen molar-refractivity contribution in [2.75, 3.05) is 75.5 Å². The van der Waals surface area contributed by atoms with Gasteiger partial charge in [0.15, 0.2) is 5.75 Å². The molecule has 0 bridgehead atoms. The summed E-state index contributed by atoms with van der Waals surface area (Å²) in [7, 11) is 1.40. The monoisotopic (exact) mass is 581 g/mol. The van der Waals surface area contributed by atoms with E-state index in [0.717, 1.165) is 44.9 Å². The van der Waals surface area contributed by atoms with E-state index in [9.17, 15) is 13.2 Å². The molecule has 1 saturated heterocycles. The number of piperazine rings is 1. The van der Waals surface area contributed by atoms with E-state index in [2.05, 4.69) is 53.9 Å². The first kappa shape index (κ1) is 28.6. The highest BCUT2D eigenvalue weighted by Gasteiger charge is 2.27. The average molecular weight is 582 g/mol. The van der Waals surface area contributed by atoms with Gasteiger partial charge >= 0.3 is 0 Å². The SMILES string of the molecule is COc1cnc(NS(=O)(=O)c2ccc(NC(=O)CN3CCc4c(OC)ccc(N5CCN(C)CC5)c4C3)cc2)nc1. The minimum atomic E-state index is -3.91. The van der Waals surface area contributed by atoms with Crippen molar-refractivity contribution in [3.8, 4) is 11.5 Å². The van der Waals surface area contributed by atoms with Crippen molar-refractivity contribution in [2.24, 2.45) is 0 Å². The van der Waals surface area contributed by atoms with Gasteiger partial charge in [0.1, 0.15) is 5.75 Å². The molecule has 3 heterocycles. The van der Waals surface area contributed by atoms with Crippen LogP contribution in [0.25, 0.3) is 0 Å². The molecule has 1 fully saturated rings. The number of fused-ring (bicyclic) bond motifs is 1. The zero-order valence-corrected chi connectivity index (χ0v) is 24.3. The number of anilines is 3. The molecule has 0 spiro atoms. The number of methoxy groups -OCH3 is 2. The van der Waals surface area contributed by atoms with Crippen LogP contribution >= 0.6 is 0 Å². The molecule has 13 heteroatoms. The molecule has 12 nitrogen and oxygen atoms in total. The molecule has 2 aromatic carbocycles. The summed E-state index contributed by atoms with van der Waals surface area (Å²) in [5, 5.41) is 2.88. The van der Waals surface area contributed by atoms with Gasteiger partial charge in [-0.2, -0.15) is 0 Å². The second-order valence-electron chi connectivity index (χ2n) is 10.1. The fraction of sp³-hybridized carbons (Fsp3) is 0.393. The van der Waals surface area contributed by atoms with E-state index >= 15 is 0 Å². The van der Waals surface area contributed by atoms with Gasteiger partial charge in [0, 0.05) is 56.2 Å². The molecule has 0 saturated carbocycles. The quantitative estimate of drug-likeness (QED) is 0.387. The van der Waals surface area contributed by atoms with Crippen LogP contribution in [-0.4, -0.2) is 94.6 Å². The summed E-state index contributed by atoms with van der Waals surface area (Å²) in [5.74, 6) is 1.07. The first-order chi connectivity index (χ1) is 19.8. The number of benzene rings is 2. The number of nitrogens with one attached hydrogen (secondary N) is 2. The second-order valence-corrected chi connectivity index (χ2v) is 11.8. The number of carbonyl (C=O) groups excluding carboxylic acids is 1. The average Bonchev–Trinajstić information content (AvgIpc) is 2.97. The lowest BCUT2D eigenvalue weighted by Gasteiger charge is -2.38. The Bertz CT molecular complexity index is 1470. The van der Waals surface area contributed by atoms with Crippen LogP contribution in [0.3, 0.4) is 0 Å². The lowest BCUT2D eigenvalue weighted by molar-refractivity contribution is -0.117. The van der Waals surface area contributed by atoms with Crippen LogP contribution < -0.4 is 24.4 Å². The van der Waals surface area contributed by atoms with Gasteiger partial charge in [-0.1, -0.05) is 0 Å². The molecular formula is C28H35N7O5S. The Hall–Kier alpha value is -3.94. The maximum absolute atomic E-state index is 13.0. The lowest BCUT2D eigenvalue weighted by Crippen LogP contribution is -2.45. The highest BCUT2D eigenvalue weighted by Crippen LogP contribution is 2.35. The van der Waals surface area contributed by atoms with Crippen molar-refractivity contribution in [3.05, 3.63) is 59.9 Å². The number of likely N-dealkylation sites (N-methyl/N-ethyl adjacent to an activating group) is 1. The maximum Gasteiger partial charge on any atom is 0.264 e. The van der Waals surface area contributed by atoms with Crippen molar-refractivity contribution in [1.29, 1.82) is 0 Å². The topological polar surface area (TPSA) is 129 Å². The van der Waals surface area contributed by atoms with E-state index in [1.165, 1.54) is 48.5 Å². The van der Waals surface area contributed by atoms with Gasteiger partial charge in [0.05, 0.1) is 38.1 Å². The lowest BCUT2D eigenvalue weighted by atomic mass is 9.95. The third kappa shape index (κ3) is 6.69. The Kier molecular flexibility index (Phi) is 8.57. The molecule has 2 aliphatic heterocycles. The first-order valence-electron chi connectivity index (χ1n) is 13.4. The normalized spacial score (nSPS) is 16.1. The number of aromatic nitrogens is 2. The zero-order valence-electron chi connectivity index (χ0n) is 23.5. The first-order valence-corrected chi connectivity index (χ1v) is 14.9. The Balaban J connectivity index is 1.21. The van der Waals surface area contributed by atoms with E-state index in [1.54, 1.807) is 19.2 Å². The molecule has 1 aromatic heterocycles. The number of rotatable bonds is 9. The fourth-order valence-corrected chi connectivity index (χ4v) is 6.08. The molecule has 0 radical (unpaired) electrons. The summed E-state index contributed by atoms with van der Waals surface area (Å²) in [6.45, 7) is 5.55. The van der Waals surface area contributed by atoms with Gasteiger partial charge in [-0.15, -0.1) is 0 Å². The third-order valence-corrected chi connectivity index (χ3v) is 8.74. The van der Waals surface area contributed by atoms with Gasteiger partial charge in [-0.25, -0.2) is 23.1 Å². The molecule has 1 amide bonds. The Morgan fingerprint density at radius 2 is 1.63 bits per heavy atom. The van der Waals surface area contributed by atoms with Gasteiger partial charge in [0.25, 0.3) is 10.0 Å². The van der Waals surface area contributed by atoms with E-state index in [-0.39, 0.29) is 23.3 Å². The standard InChI is InChI=1S/C28H35N7O5S/c1-33-12-14-35(15-13-33)25-8-9-26(40-3)23-10-11-34(18-24(23)25)19-27(36)31-20-4-6-22(7-5-20)41(37,38)32-28-29-16-21(39-2)17-30-28/h4-9,16-17H,10-15,18-19H2,1-3H3,(H,31,36)(H,29,30,32). The third-order valence-electron chi connectivity index (χ3n) is 7.39. The molecule has 3 aromatic rings. The van der Waals surface area contributed by atoms with Gasteiger partial charge in [0.2, 0.25) is 11.9 Å². The highest BCUT2D eigenvalue weighted by molar-refractivity contribution is 7.92. The van der Waals surface area contributed by atoms with Crippen LogP contribution in [0, 0.1) is 0 Å². The summed E-state index contributed by atoms with van der Waals surface area (Å²) >= 11 is 0. The van der Waals surface area contributed by atoms with Gasteiger partial charge in [-0.05, 0) is 55.4 Å². The van der Waals surface area contributed by atoms with E-state index in [0.29, 0.717) is 18.0 Å². The maximum atomic E-state index is 13.0. The fourth-order valence-electron chi connectivity index (χ4n) is 5.13. The Labute approximate surface area is 240 Å². The van der Waals surface area contributed by atoms with Gasteiger partial charge in [-0.3, -0.25) is 9.69 Å². The van der Waals surface area contributed by atoms with Crippen LogP contribution in [0.5, 0.6) is 11.5 Å². The largest absolute Gasteiger partial charge is 0.496 e. The number of nitrogens with zero attached hydrogens (tertiary/aromatic N) is 5. The molecule has 2 aliphatic rings. The molecular weight excluding hydrogens is 546 g/mol. The number of sulfonamides is 1. The molecule has 41 heavy (non-hydrogen) atoms. The predicted molar refractivity (Wildman–Crippen MR) is 156 cm³/mol. The minimum absolute atomic E-state index is 0.0212. The van der Waals surface area contributed by atoms with Crippen molar-refractivity contribution in [1.82, 2.24) is 19.8 Å². The van der Waals surface area contributed by atoms with Crippen LogP contribution in [0.15, 0.2) is 53.7 Å². The minimum Gasteiger partial charge on any atom is -0.496 e. The number of ether oxygens (including phenoxy) is 2. The van der Waals surface area contributed by atoms with E-state index in [1.807, 2.05) is 0 Å². The Morgan fingerprint density at radius 1 is 0.927 bits per heavy atom. The molecule has 0 atom stereocenters. The van der Waals surface area contributed by atoms with Crippen LogP contribution in [0.4, 0.5) is 17.3 Å². The summed E-state index contributed by atoms with van der Waals surface area (Å²) in [5.41, 5.74) is 4.15. The highest BCUT2D eigenvalue weighted by atomic mass is 32.2. The summed E-state index contributed by atoms with van der Waals surface area (Å²) in [4.78, 5) is 27.7. The van der Waals surface area contributed by atoms with Crippen LogP contribution in [0.2, 0.25) is 0 Å². The summed E-state index contributed by atoms with van der Waals surface area (Å²) < 4.78 is 38.4. The number of hydrogen-bond donors (Lipinski definition) is 2. The smallest absolute Gasteiger partial charge is 0.264 e. The van der Waals surface area contributed by atoms with Crippen molar-refractivity contribution in [2.45, 2.75) is 17.9 Å². The molecule has 2 N–H and O–H groups in total. The molecule has 0 unspecified atom stereocenters. The Morgan fingerprint density at radius 3 is 2.29 bits per heavy atom. The molecule has 0 aliphatic carbocycles. The molecule has 218 valence electrons. The van der Waals surface area contributed by atoms with Crippen molar-refractivity contribution >= 4 is 33.3 Å². The predicted octanol–water partition coefficient (Wildman–Crippen LogP) is 2.04. The van der Waals surface area contributed by atoms with Crippen LogP contribution in [0.1, 0.15) is 11.1 Å². The number of hydrogen-bond acceptors (Lipinski definition) is 10. The molecule has 5 rings (SSSR count). The van der Waals surface area contributed by atoms with Gasteiger partial charge < -0.3 is 24.6 Å². The number of amides is 1. The summed E-state index contributed by atoms with van der Waals surface area (Å²) in [6.07, 6.45) is 3.53. The van der Waals surface area contributed by atoms with Crippen molar-refractivity contribution < 1.29 is 22.7 Å². The summed E-state index contributed by atoms with van der Waals surface area (Å²) in [6, 6.07) is 10.2. The van der Waals surface area contributed by atoms with E-state index in [4.69, 9.17) is 9.47 Å². The van der Waals surface area contributed by atoms with Crippen molar-refractivity contribution in [3.63, 3.8) is 0 Å². The van der Waals surface area contributed by atoms with Crippen LogP contribution in [-0.2, 0) is 27.8 Å². The van der Waals surface area contributed by atoms with E-state index < -0.39 is 10.0 Å². The number of carbonyl (C=O) groups is 1.